The van der Waals surface area contributed by atoms with Crippen molar-refractivity contribution in [1.82, 2.24) is 14.9 Å². The Morgan fingerprint density at radius 3 is 2.81 bits per heavy atom. The Morgan fingerprint density at radius 2 is 2.06 bits per heavy atom. The molecule has 0 N–H and O–H groups in total. The molecule has 0 spiro atoms. The van der Waals surface area contributed by atoms with Crippen LogP contribution in [0.25, 0.3) is 6.08 Å². The van der Waals surface area contributed by atoms with Gasteiger partial charge in [0.1, 0.15) is 18.1 Å². The van der Waals surface area contributed by atoms with E-state index in [2.05, 4.69) is 9.97 Å². The van der Waals surface area contributed by atoms with Crippen LogP contribution in [0.4, 0.5) is 0 Å². The number of hydrogen-bond acceptors (Lipinski definition) is 6. The van der Waals surface area contributed by atoms with E-state index in [1.807, 2.05) is 60.8 Å². The zero-order chi connectivity index (χ0) is 22.2. The number of hydrogen-bond donors (Lipinski definition) is 0. The number of benzene rings is 1. The number of aryl methyl sites for hydroxylation is 1. The highest BCUT2D eigenvalue weighted by atomic mass is 32.1. The number of carbonyl (C=O) groups is 1. The molecule has 7 heteroatoms. The van der Waals surface area contributed by atoms with Crippen molar-refractivity contribution >= 4 is 23.3 Å². The number of pyridine rings is 1. The third kappa shape index (κ3) is 5.92. The van der Waals surface area contributed by atoms with Crippen molar-refractivity contribution in [2.75, 3.05) is 0 Å². The third-order valence-corrected chi connectivity index (χ3v) is 5.52. The second kappa shape index (κ2) is 10.5. The van der Waals surface area contributed by atoms with Crippen LogP contribution in [0.1, 0.15) is 27.6 Å². The van der Waals surface area contributed by atoms with Crippen LogP contribution in [-0.4, -0.2) is 20.8 Å². The molecule has 4 aromatic rings. The van der Waals surface area contributed by atoms with E-state index in [9.17, 15) is 4.79 Å². The number of aromatic nitrogens is 2. The fourth-order valence-electron chi connectivity index (χ4n) is 3.16. The first-order valence-electron chi connectivity index (χ1n) is 10.2. The lowest BCUT2D eigenvalue weighted by Crippen LogP contribution is -2.28. The lowest BCUT2D eigenvalue weighted by Gasteiger charge is -2.20. The number of para-hydroxylation sites is 1. The number of rotatable bonds is 9. The molecule has 0 aliphatic carbocycles. The van der Waals surface area contributed by atoms with Crippen LogP contribution in [0.15, 0.2) is 83.1 Å². The summed E-state index contributed by atoms with van der Waals surface area (Å²) in [5.74, 6) is 1.29. The van der Waals surface area contributed by atoms with Crippen LogP contribution in [0.2, 0.25) is 0 Å². The summed E-state index contributed by atoms with van der Waals surface area (Å²) in [5.41, 5.74) is 2.67. The molecule has 1 aromatic carbocycles. The molecular weight excluding hydrogens is 422 g/mol. The summed E-state index contributed by atoms with van der Waals surface area (Å²) in [6.45, 7) is 3.15. The molecule has 0 unspecified atom stereocenters. The van der Waals surface area contributed by atoms with Crippen molar-refractivity contribution < 1.29 is 13.9 Å². The quantitative estimate of drug-likeness (QED) is 0.329. The lowest BCUT2D eigenvalue weighted by atomic mass is 10.1. The molecule has 3 aromatic heterocycles. The summed E-state index contributed by atoms with van der Waals surface area (Å²) >= 11 is 1.60. The van der Waals surface area contributed by atoms with E-state index in [4.69, 9.17) is 9.15 Å². The Bertz CT molecular complexity index is 1170. The highest BCUT2D eigenvalue weighted by Crippen LogP contribution is 2.22. The molecule has 4 rings (SSSR count). The molecule has 0 aliphatic heterocycles. The van der Waals surface area contributed by atoms with Crippen molar-refractivity contribution in [3.05, 3.63) is 106 Å². The van der Waals surface area contributed by atoms with E-state index in [1.54, 1.807) is 47.0 Å². The third-order valence-electron chi connectivity index (χ3n) is 4.70. The van der Waals surface area contributed by atoms with Gasteiger partial charge in [0.25, 0.3) is 0 Å². The SMILES string of the molecule is Cc1nc(COc2ccccc2/C=C/C(=O)N(Cc2cccnc2)Cc2ccco2)cs1. The maximum Gasteiger partial charge on any atom is 0.247 e. The van der Waals surface area contributed by atoms with Crippen LogP contribution < -0.4 is 4.74 Å². The fraction of sp³-hybridized carbons (Fsp3) is 0.160. The van der Waals surface area contributed by atoms with E-state index >= 15 is 0 Å². The summed E-state index contributed by atoms with van der Waals surface area (Å²) < 4.78 is 11.4. The first-order valence-corrected chi connectivity index (χ1v) is 11.1. The smallest absolute Gasteiger partial charge is 0.247 e. The van der Waals surface area contributed by atoms with E-state index in [1.165, 1.54) is 0 Å². The summed E-state index contributed by atoms with van der Waals surface area (Å²) in [4.78, 5) is 23.4. The number of carbonyl (C=O) groups excluding carboxylic acids is 1. The van der Waals surface area contributed by atoms with Gasteiger partial charge in [0.05, 0.1) is 23.5 Å². The molecule has 0 aliphatic rings. The van der Waals surface area contributed by atoms with E-state index < -0.39 is 0 Å². The van der Waals surface area contributed by atoms with Gasteiger partial charge in [-0.3, -0.25) is 9.78 Å². The van der Waals surface area contributed by atoms with E-state index in [-0.39, 0.29) is 5.91 Å². The van der Waals surface area contributed by atoms with Crippen molar-refractivity contribution in [3.8, 4) is 5.75 Å². The minimum Gasteiger partial charge on any atom is -0.487 e. The molecule has 1 amide bonds. The predicted octanol–water partition coefficient (Wildman–Crippen LogP) is 5.26. The fourth-order valence-corrected chi connectivity index (χ4v) is 3.75. The zero-order valence-electron chi connectivity index (χ0n) is 17.7. The Hall–Kier alpha value is -3.71. The summed E-state index contributed by atoms with van der Waals surface area (Å²) in [7, 11) is 0. The Labute approximate surface area is 190 Å². The maximum atomic E-state index is 13.1. The second-order valence-corrected chi connectivity index (χ2v) is 8.21. The molecule has 0 radical (unpaired) electrons. The van der Waals surface area contributed by atoms with Gasteiger partial charge in [0, 0.05) is 36.0 Å². The van der Waals surface area contributed by atoms with Crippen LogP contribution in [0, 0.1) is 6.92 Å². The van der Waals surface area contributed by atoms with Crippen LogP contribution in [-0.2, 0) is 24.5 Å². The Balaban J connectivity index is 1.48. The van der Waals surface area contributed by atoms with Crippen LogP contribution in [0.3, 0.4) is 0 Å². The van der Waals surface area contributed by atoms with Gasteiger partial charge in [-0.15, -0.1) is 11.3 Å². The average Bonchev–Trinajstić information content (AvgIpc) is 3.48. The number of furan rings is 1. The van der Waals surface area contributed by atoms with Gasteiger partial charge in [0.15, 0.2) is 0 Å². The molecule has 0 atom stereocenters. The Morgan fingerprint density at radius 1 is 1.16 bits per heavy atom. The van der Waals surface area contributed by atoms with Crippen molar-refractivity contribution in [2.24, 2.45) is 0 Å². The number of nitrogens with zero attached hydrogens (tertiary/aromatic N) is 3. The molecule has 3 heterocycles. The van der Waals surface area contributed by atoms with Crippen LogP contribution >= 0.6 is 11.3 Å². The van der Waals surface area contributed by atoms with E-state index in [0.29, 0.717) is 25.4 Å². The molecular formula is C25H23N3O3S. The first kappa shape index (κ1) is 21.5. The van der Waals surface area contributed by atoms with Gasteiger partial charge in [-0.1, -0.05) is 24.3 Å². The number of ether oxygens (including phenoxy) is 1. The standard InChI is InChI=1S/C25H23N3O3S/c1-19-27-22(18-32-19)17-31-24-9-3-2-7-21(24)10-11-25(29)28(16-23-8-5-13-30-23)15-20-6-4-12-26-14-20/h2-14,18H,15-17H2,1H3/b11-10+. The molecule has 0 fully saturated rings. The molecule has 6 nitrogen and oxygen atoms in total. The molecule has 0 saturated carbocycles. The maximum absolute atomic E-state index is 13.1. The minimum atomic E-state index is -0.129. The highest BCUT2D eigenvalue weighted by Gasteiger charge is 2.14. The van der Waals surface area contributed by atoms with Crippen molar-refractivity contribution in [2.45, 2.75) is 26.6 Å². The predicted molar refractivity (Wildman–Crippen MR) is 124 cm³/mol. The normalized spacial score (nSPS) is 11.0. The highest BCUT2D eigenvalue weighted by molar-refractivity contribution is 7.09. The van der Waals surface area contributed by atoms with Gasteiger partial charge >= 0.3 is 0 Å². The zero-order valence-corrected chi connectivity index (χ0v) is 18.5. The summed E-state index contributed by atoms with van der Waals surface area (Å²) in [5, 5.41) is 3.00. The van der Waals surface area contributed by atoms with Crippen LogP contribution in [0.5, 0.6) is 5.75 Å². The monoisotopic (exact) mass is 445 g/mol. The molecule has 0 bridgehead atoms. The largest absolute Gasteiger partial charge is 0.487 e. The molecule has 0 saturated heterocycles. The molecule has 162 valence electrons. The topological polar surface area (TPSA) is 68.5 Å². The lowest BCUT2D eigenvalue weighted by molar-refractivity contribution is -0.127. The second-order valence-electron chi connectivity index (χ2n) is 7.15. The van der Waals surface area contributed by atoms with E-state index in [0.717, 1.165) is 27.6 Å². The van der Waals surface area contributed by atoms with Crippen molar-refractivity contribution in [3.63, 3.8) is 0 Å². The van der Waals surface area contributed by atoms with Gasteiger partial charge < -0.3 is 14.1 Å². The number of amides is 1. The van der Waals surface area contributed by atoms with Crippen molar-refractivity contribution in [1.29, 1.82) is 0 Å². The first-order chi connectivity index (χ1) is 15.7. The minimum absolute atomic E-state index is 0.129. The average molecular weight is 446 g/mol. The van der Waals surface area contributed by atoms with Gasteiger partial charge in [-0.2, -0.15) is 0 Å². The molecule has 32 heavy (non-hydrogen) atoms. The summed E-state index contributed by atoms with van der Waals surface area (Å²) in [6, 6.07) is 15.1. The van der Waals surface area contributed by atoms with Gasteiger partial charge in [0.2, 0.25) is 5.91 Å². The van der Waals surface area contributed by atoms with Gasteiger partial charge in [-0.05, 0) is 42.8 Å². The Kier molecular flexibility index (Phi) is 7.09. The van der Waals surface area contributed by atoms with Gasteiger partial charge in [-0.25, -0.2) is 4.98 Å². The summed E-state index contributed by atoms with van der Waals surface area (Å²) in [6.07, 6.45) is 8.42. The number of thiazole rings is 1.